The van der Waals surface area contributed by atoms with Gasteiger partial charge >= 0.3 is 0 Å². The lowest BCUT2D eigenvalue weighted by atomic mass is 10.2. The minimum Gasteiger partial charge on any atom is -0.278 e. The fourth-order valence-corrected chi connectivity index (χ4v) is 3.96. The maximum atomic E-state index is 13.7. The molecule has 0 radical (unpaired) electrons. The molecule has 12 heteroatoms. The van der Waals surface area contributed by atoms with Crippen molar-refractivity contribution < 1.29 is 22.1 Å². The van der Waals surface area contributed by atoms with Gasteiger partial charge in [0.25, 0.3) is 15.7 Å². The van der Waals surface area contributed by atoms with E-state index in [-0.39, 0.29) is 22.0 Å². The Kier molecular flexibility index (Phi) is 6.47. The van der Waals surface area contributed by atoms with E-state index in [9.17, 15) is 27.3 Å². The van der Waals surface area contributed by atoms with Gasteiger partial charge in [0.1, 0.15) is 16.5 Å². The number of anilines is 2. The average molecular weight is 467 g/mol. The Hall–Kier alpha value is -3.57. The summed E-state index contributed by atoms with van der Waals surface area (Å²) in [5, 5.41) is 15.0. The molecule has 0 bridgehead atoms. The van der Waals surface area contributed by atoms with Crippen molar-refractivity contribution in [1.82, 2.24) is 0 Å². The third-order valence-corrected chi connectivity index (χ3v) is 5.67. The second-order valence-corrected chi connectivity index (χ2v) is 8.12. The van der Waals surface area contributed by atoms with Gasteiger partial charge in [0.2, 0.25) is 0 Å². The van der Waals surface area contributed by atoms with E-state index in [2.05, 4.69) is 15.2 Å². The molecule has 0 atom stereocenters. The number of nitrogens with one attached hydrogen (secondary N) is 2. The zero-order valence-corrected chi connectivity index (χ0v) is 17.0. The Bertz CT molecular complexity index is 1290. The van der Waals surface area contributed by atoms with E-state index in [1.54, 1.807) is 12.1 Å². The monoisotopic (exact) mass is 466 g/mol. The van der Waals surface area contributed by atoms with Crippen molar-refractivity contribution in [2.75, 3.05) is 10.1 Å². The minimum atomic E-state index is -4.33. The number of hydrogen-bond acceptors (Lipinski definition) is 6. The lowest BCUT2D eigenvalue weighted by molar-refractivity contribution is -0.385. The van der Waals surface area contributed by atoms with Crippen molar-refractivity contribution in [3.8, 4) is 0 Å². The van der Waals surface area contributed by atoms with Gasteiger partial charge in [0.15, 0.2) is 0 Å². The maximum Gasteiger partial charge on any atom is 0.270 e. The number of hydrazone groups is 1. The summed E-state index contributed by atoms with van der Waals surface area (Å²) in [4.78, 5) is 9.87. The van der Waals surface area contributed by atoms with Crippen molar-refractivity contribution in [3.63, 3.8) is 0 Å². The molecule has 3 aromatic rings. The molecule has 0 aliphatic carbocycles. The summed E-state index contributed by atoms with van der Waals surface area (Å²) in [7, 11) is -4.33. The van der Waals surface area contributed by atoms with E-state index in [0.717, 1.165) is 36.5 Å². The summed E-state index contributed by atoms with van der Waals surface area (Å²) in [6.45, 7) is 0. The van der Waals surface area contributed by atoms with Crippen molar-refractivity contribution in [3.05, 3.63) is 93.0 Å². The Labute approximate surface area is 180 Å². The van der Waals surface area contributed by atoms with Crippen LogP contribution in [0.3, 0.4) is 0 Å². The largest absolute Gasteiger partial charge is 0.278 e. The van der Waals surface area contributed by atoms with E-state index in [4.69, 9.17) is 11.6 Å². The standard InChI is InChI=1S/C19H13ClF2N4O4S/c20-15-3-1-2-4-17(15)25-31(29,30)19-10-14(26(27)28)7-8-18(19)24-23-11-12-5-6-13(21)9-16(12)22/h1-11,24-25H/b23-11+. The predicted octanol–water partition coefficient (Wildman–Crippen LogP) is 4.77. The molecule has 3 aromatic carbocycles. The second kappa shape index (κ2) is 9.06. The predicted molar refractivity (Wildman–Crippen MR) is 113 cm³/mol. The summed E-state index contributed by atoms with van der Waals surface area (Å²) >= 11 is 5.98. The molecule has 0 saturated carbocycles. The molecule has 0 heterocycles. The number of hydrogen-bond donors (Lipinski definition) is 2. The fraction of sp³-hybridized carbons (Fsp3) is 0. The van der Waals surface area contributed by atoms with E-state index in [0.29, 0.717) is 6.07 Å². The number of nitrogens with zero attached hydrogens (tertiary/aromatic N) is 2. The molecule has 160 valence electrons. The van der Waals surface area contributed by atoms with Crippen LogP contribution in [0.2, 0.25) is 5.02 Å². The number of nitro groups is 1. The number of benzene rings is 3. The van der Waals surface area contributed by atoms with Crippen LogP contribution in [0.4, 0.5) is 25.8 Å². The van der Waals surface area contributed by atoms with Crippen LogP contribution in [0.5, 0.6) is 0 Å². The van der Waals surface area contributed by atoms with Crippen molar-refractivity contribution >= 4 is 44.9 Å². The normalized spacial score (nSPS) is 11.5. The molecular weight excluding hydrogens is 454 g/mol. The highest BCUT2D eigenvalue weighted by Crippen LogP contribution is 2.30. The van der Waals surface area contributed by atoms with Gasteiger partial charge in [-0.15, -0.1) is 0 Å². The first-order valence-electron chi connectivity index (χ1n) is 8.47. The van der Waals surface area contributed by atoms with Crippen LogP contribution in [0.15, 0.2) is 70.7 Å². The molecule has 3 rings (SSSR count). The molecule has 0 aromatic heterocycles. The van der Waals surface area contributed by atoms with Crippen LogP contribution in [0, 0.1) is 21.7 Å². The molecule has 0 fully saturated rings. The topological polar surface area (TPSA) is 114 Å². The van der Waals surface area contributed by atoms with Crippen LogP contribution in [-0.2, 0) is 10.0 Å². The summed E-state index contributed by atoms with van der Waals surface area (Å²) in [5.74, 6) is -1.64. The van der Waals surface area contributed by atoms with Gasteiger partial charge in [-0.05, 0) is 30.3 Å². The Morgan fingerprint density at radius 3 is 2.45 bits per heavy atom. The summed E-state index contributed by atoms with van der Waals surface area (Å²) in [6, 6.07) is 11.9. The van der Waals surface area contributed by atoms with Gasteiger partial charge in [-0.3, -0.25) is 20.3 Å². The van der Waals surface area contributed by atoms with E-state index in [1.165, 1.54) is 12.1 Å². The van der Waals surface area contributed by atoms with Crippen LogP contribution < -0.4 is 10.1 Å². The van der Waals surface area contributed by atoms with Crippen LogP contribution in [-0.4, -0.2) is 19.6 Å². The molecule has 0 spiro atoms. The molecule has 0 aliphatic heterocycles. The molecule has 31 heavy (non-hydrogen) atoms. The first-order valence-corrected chi connectivity index (χ1v) is 10.3. The Balaban J connectivity index is 1.96. The number of rotatable bonds is 7. The second-order valence-electron chi connectivity index (χ2n) is 6.06. The maximum absolute atomic E-state index is 13.7. The number of sulfonamides is 1. The zero-order chi connectivity index (χ0) is 22.6. The molecule has 0 unspecified atom stereocenters. The highest BCUT2D eigenvalue weighted by molar-refractivity contribution is 7.93. The zero-order valence-electron chi connectivity index (χ0n) is 15.4. The van der Waals surface area contributed by atoms with Gasteiger partial charge in [-0.2, -0.15) is 5.10 Å². The number of para-hydroxylation sites is 1. The van der Waals surface area contributed by atoms with Crippen LogP contribution in [0.1, 0.15) is 5.56 Å². The summed E-state index contributed by atoms with van der Waals surface area (Å²) in [6.07, 6.45) is 1.01. The number of non-ortho nitro benzene ring substituents is 1. The SMILES string of the molecule is O=[N+]([O-])c1ccc(N/N=C/c2ccc(F)cc2F)c(S(=O)(=O)Nc2ccccc2Cl)c1. The lowest BCUT2D eigenvalue weighted by Crippen LogP contribution is -2.15. The van der Waals surface area contributed by atoms with Crippen molar-refractivity contribution in [2.24, 2.45) is 5.10 Å². The summed E-state index contributed by atoms with van der Waals surface area (Å²) in [5.41, 5.74) is 1.82. The third kappa shape index (κ3) is 5.32. The van der Waals surface area contributed by atoms with Crippen LogP contribution >= 0.6 is 11.6 Å². The van der Waals surface area contributed by atoms with E-state index >= 15 is 0 Å². The molecule has 2 N–H and O–H groups in total. The van der Waals surface area contributed by atoms with Crippen LogP contribution in [0.25, 0.3) is 0 Å². The number of nitro benzene ring substituents is 1. The van der Waals surface area contributed by atoms with Gasteiger partial charge < -0.3 is 0 Å². The van der Waals surface area contributed by atoms with E-state index < -0.39 is 37.2 Å². The Morgan fingerprint density at radius 2 is 1.77 bits per heavy atom. The Morgan fingerprint density at radius 1 is 1.03 bits per heavy atom. The smallest absolute Gasteiger partial charge is 0.270 e. The first-order chi connectivity index (χ1) is 14.7. The van der Waals surface area contributed by atoms with Crippen molar-refractivity contribution in [2.45, 2.75) is 4.90 Å². The molecule has 0 aliphatic rings. The van der Waals surface area contributed by atoms with Gasteiger partial charge in [-0.1, -0.05) is 23.7 Å². The third-order valence-electron chi connectivity index (χ3n) is 3.93. The quantitative estimate of drug-likeness (QED) is 0.295. The first kappa shape index (κ1) is 22.1. The van der Waals surface area contributed by atoms with Crippen molar-refractivity contribution in [1.29, 1.82) is 0 Å². The molecule has 0 saturated heterocycles. The minimum absolute atomic E-state index is 0.0607. The van der Waals surface area contributed by atoms with Gasteiger partial charge in [0, 0.05) is 23.8 Å². The summed E-state index contributed by atoms with van der Waals surface area (Å²) < 4.78 is 54.7. The van der Waals surface area contributed by atoms with E-state index in [1.807, 2.05) is 0 Å². The highest BCUT2D eigenvalue weighted by Gasteiger charge is 2.23. The average Bonchev–Trinajstić information content (AvgIpc) is 2.71. The number of halogens is 3. The lowest BCUT2D eigenvalue weighted by Gasteiger charge is -2.12. The highest BCUT2D eigenvalue weighted by atomic mass is 35.5. The molecule has 0 amide bonds. The van der Waals surface area contributed by atoms with Gasteiger partial charge in [-0.25, -0.2) is 17.2 Å². The molecule has 8 nitrogen and oxygen atoms in total. The molecular formula is C19H13ClF2N4O4S. The van der Waals surface area contributed by atoms with Gasteiger partial charge in [0.05, 0.1) is 27.5 Å². The fourth-order valence-electron chi connectivity index (χ4n) is 2.46.